The first-order valence-electron chi connectivity index (χ1n) is 14.7. The molecule has 236 valence electrons. The number of rotatable bonds is 6. The summed E-state index contributed by atoms with van der Waals surface area (Å²) in [5, 5.41) is 78.8. The third-order valence-electron chi connectivity index (χ3n) is 8.69. The third kappa shape index (κ3) is 4.15. The predicted molar refractivity (Wildman–Crippen MR) is 190 cm³/mol. The minimum absolute atomic E-state index is 0.152. The van der Waals surface area contributed by atoms with Crippen molar-refractivity contribution in [3.63, 3.8) is 0 Å². The van der Waals surface area contributed by atoms with Gasteiger partial charge in [0.2, 0.25) is 17.2 Å². The lowest BCUT2D eigenvalue weighted by Crippen LogP contribution is -2.03. The number of phenols is 6. The van der Waals surface area contributed by atoms with E-state index in [4.69, 9.17) is 15.6 Å². The molecule has 1 aromatic heterocycles. The van der Waals surface area contributed by atoms with Gasteiger partial charge in [0.05, 0.1) is 22.2 Å². The monoisotopic (exact) mass is 636 g/mol. The molecule has 0 bridgehead atoms. The van der Waals surface area contributed by atoms with E-state index in [1.165, 1.54) is 6.08 Å². The van der Waals surface area contributed by atoms with Gasteiger partial charge < -0.3 is 46.2 Å². The molecular formula is C39H28N2O7. The Hall–Kier alpha value is -6.87. The lowest BCUT2D eigenvalue weighted by Gasteiger charge is -2.16. The van der Waals surface area contributed by atoms with Crippen LogP contribution in [0.15, 0.2) is 96.4 Å². The minimum Gasteiger partial charge on any atom is -0.506 e. The Morgan fingerprint density at radius 1 is 0.625 bits per heavy atom. The molecule has 0 atom stereocenters. The summed E-state index contributed by atoms with van der Waals surface area (Å²) in [6, 6.07) is 21.8. The van der Waals surface area contributed by atoms with Gasteiger partial charge in [-0.1, -0.05) is 92.0 Å². The van der Waals surface area contributed by atoms with E-state index in [2.05, 4.69) is 13.2 Å². The number of hydrogen-bond donors (Lipinski definition) is 8. The molecule has 0 aliphatic carbocycles. The summed E-state index contributed by atoms with van der Waals surface area (Å²) in [5.74, 6) is -4.86. The normalized spacial score (nSPS) is 11.9. The van der Waals surface area contributed by atoms with E-state index in [9.17, 15) is 30.6 Å². The molecule has 0 aliphatic rings. The summed E-state index contributed by atoms with van der Waals surface area (Å²) in [6.45, 7) is 8.00. The summed E-state index contributed by atoms with van der Waals surface area (Å²) in [6.07, 6.45) is 4.67. The van der Waals surface area contributed by atoms with Gasteiger partial charge in [-0.15, -0.1) is 0 Å². The van der Waals surface area contributed by atoms with Gasteiger partial charge in [0.25, 0.3) is 0 Å². The Morgan fingerprint density at radius 3 is 1.90 bits per heavy atom. The number of benzene rings is 6. The fourth-order valence-electron chi connectivity index (χ4n) is 6.47. The maximum absolute atomic E-state index is 11.9. The Morgan fingerprint density at radius 2 is 1.21 bits per heavy atom. The van der Waals surface area contributed by atoms with Crippen molar-refractivity contribution in [1.29, 1.82) is 5.41 Å². The molecule has 0 fully saturated rings. The van der Waals surface area contributed by atoms with E-state index in [1.807, 2.05) is 30.3 Å². The highest BCUT2D eigenvalue weighted by Crippen LogP contribution is 2.57. The zero-order valence-electron chi connectivity index (χ0n) is 25.2. The SMILES string of the molecule is C=Cc1c(C=C)c2cc(-c3c(O)c(O)c4oc5c(O)c(O)c(O)c(C(=N)/C=C(\N)c6ccccc6)c5c4c3O)ccc2c2ccccc12. The van der Waals surface area contributed by atoms with Crippen molar-refractivity contribution in [1.82, 2.24) is 0 Å². The molecule has 0 unspecified atom stereocenters. The Balaban J connectivity index is 1.56. The number of furan rings is 1. The smallest absolute Gasteiger partial charge is 0.205 e. The summed E-state index contributed by atoms with van der Waals surface area (Å²) >= 11 is 0. The molecule has 9 nitrogen and oxygen atoms in total. The van der Waals surface area contributed by atoms with Crippen molar-refractivity contribution in [3.8, 4) is 45.6 Å². The molecule has 0 spiro atoms. The molecule has 1 heterocycles. The molecule has 0 saturated heterocycles. The van der Waals surface area contributed by atoms with E-state index < -0.39 is 51.4 Å². The average molecular weight is 637 g/mol. The summed E-state index contributed by atoms with van der Waals surface area (Å²) in [5.41, 5.74) is 7.04. The van der Waals surface area contributed by atoms with Crippen LogP contribution in [0.3, 0.4) is 0 Å². The number of phenolic OH excluding ortho intramolecular Hbond substituents is 6. The van der Waals surface area contributed by atoms with E-state index in [-0.39, 0.29) is 27.6 Å². The van der Waals surface area contributed by atoms with Crippen LogP contribution in [0.4, 0.5) is 0 Å². The maximum atomic E-state index is 11.9. The fourth-order valence-corrected chi connectivity index (χ4v) is 6.47. The molecule has 6 aromatic carbocycles. The average Bonchev–Trinajstić information content (AvgIpc) is 3.50. The molecule has 0 saturated carbocycles. The minimum atomic E-state index is -0.992. The molecule has 0 aliphatic heterocycles. The second-order valence-corrected chi connectivity index (χ2v) is 11.3. The largest absolute Gasteiger partial charge is 0.506 e. The topological polar surface area (TPSA) is 184 Å². The van der Waals surface area contributed by atoms with Crippen molar-refractivity contribution < 1.29 is 35.1 Å². The van der Waals surface area contributed by atoms with Crippen LogP contribution >= 0.6 is 0 Å². The van der Waals surface area contributed by atoms with Crippen LogP contribution in [0, 0.1) is 5.41 Å². The Labute approximate surface area is 272 Å². The van der Waals surface area contributed by atoms with E-state index in [0.717, 1.165) is 32.7 Å². The second-order valence-electron chi connectivity index (χ2n) is 11.3. The highest BCUT2D eigenvalue weighted by Gasteiger charge is 2.32. The number of hydrogen-bond acceptors (Lipinski definition) is 9. The zero-order chi connectivity index (χ0) is 34.0. The second kappa shape index (κ2) is 10.9. The highest BCUT2D eigenvalue weighted by atomic mass is 16.4. The van der Waals surface area contributed by atoms with Crippen LogP contribution in [0.25, 0.3) is 72.5 Å². The molecule has 9 heteroatoms. The van der Waals surface area contributed by atoms with Gasteiger partial charge in [-0.3, -0.25) is 0 Å². The van der Waals surface area contributed by atoms with E-state index in [0.29, 0.717) is 11.1 Å². The number of fused-ring (bicyclic) bond motifs is 6. The van der Waals surface area contributed by atoms with Crippen molar-refractivity contribution in [3.05, 3.63) is 114 Å². The van der Waals surface area contributed by atoms with Crippen LogP contribution < -0.4 is 5.73 Å². The molecule has 7 aromatic rings. The Bertz CT molecular complexity index is 2580. The van der Waals surface area contributed by atoms with Crippen LogP contribution in [-0.4, -0.2) is 36.4 Å². The summed E-state index contributed by atoms with van der Waals surface area (Å²) < 4.78 is 5.70. The number of aromatic hydroxyl groups is 6. The van der Waals surface area contributed by atoms with Crippen molar-refractivity contribution in [2.24, 2.45) is 5.73 Å². The van der Waals surface area contributed by atoms with Crippen molar-refractivity contribution in [2.45, 2.75) is 0 Å². The highest BCUT2D eigenvalue weighted by molar-refractivity contribution is 6.28. The maximum Gasteiger partial charge on any atom is 0.205 e. The number of nitrogens with one attached hydrogen (secondary N) is 1. The van der Waals surface area contributed by atoms with Gasteiger partial charge in [-0.2, -0.15) is 0 Å². The molecule has 0 amide bonds. The van der Waals surface area contributed by atoms with Crippen LogP contribution in [0.1, 0.15) is 22.3 Å². The van der Waals surface area contributed by atoms with Crippen molar-refractivity contribution in [2.75, 3.05) is 0 Å². The predicted octanol–water partition coefficient (Wildman–Crippen LogP) is 8.45. The molecule has 0 radical (unpaired) electrons. The summed E-state index contributed by atoms with van der Waals surface area (Å²) in [4.78, 5) is 0. The molecule has 7 rings (SSSR count). The zero-order valence-corrected chi connectivity index (χ0v) is 25.2. The molecule has 9 N–H and O–H groups in total. The first kappa shape index (κ1) is 29.8. The van der Waals surface area contributed by atoms with E-state index >= 15 is 0 Å². The lowest BCUT2D eigenvalue weighted by atomic mass is 9.89. The van der Waals surface area contributed by atoms with Gasteiger partial charge in [0.15, 0.2) is 22.7 Å². The van der Waals surface area contributed by atoms with Gasteiger partial charge in [0, 0.05) is 11.1 Å². The first-order valence-corrected chi connectivity index (χ1v) is 14.7. The Kier molecular flexibility index (Phi) is 6.76. The standard InChI is InChI=1S/C39H28N2O7/c1-3-20-21(4-2)25-16-19(14-15-24(25)23-13-9-8-12-22(20)23)28-32(42)31-30-29(27(41)17-26(40)18-10-6-5-7-11-18)34(44)35(45)37(47)38(30)48-39(31)36(46)33(28)43/h3-17,41-47H,1-2,40H2/b26-17-,41-27?. The quantitative estimate of drug-likeness (QED) is 0.0387. The third-order valence-corrected chi connectivity index (χ3v) is 8.69. The van der Waals surface area contributed by atoms with Crippen LogP contribution in [0.2, 0.25) is 0 Å². The molecule has 48 heavy (non-hydrogen) atoms. The van der Waals surface area contributed by atoms with Gasteiger partial charge in [-0.05, 0) is 55.9 Å². The lowest BCUT2D eigenvalue weighted by molar-refractivity contribution is 0.366. The number of nitrogens with two attached hydrogens (primary N) is 1. The van der Waals surface area contributed by atoms with Gasteiger partial charge in [0.1, 0.15) is 5.75 Å². The van der Waals surface area contributed by atoms with Crippen LogP contribution in [-0.2, 0) is 0 Å². The van der Waals surface area contributed by atoms with Crippen LogP contribution in [0.5, 0.6) is 34.5 Å². The van der Waals surface area contributed by atoms with E-state index in [1.54, 1.807) is 54.6 Å². The first-order chi connectivity index (χ1) is 23.1. The molecular weight excluding hydrogens is 608 g/mol. The number of allylic oxidation sites excluding steroid dienone is 1. The van der Waals surface area contributed by atoms with Gasteiger partial charge in [-0.25, -0.2) is 0 Å². The van der Waals surface area contributed by atoms with Crippen molar-refractivity contribution >= 4 is 67.0 Å². The van der Waals surface area contributed by atoms with Gasteiger partial charge >= 0.3 is 0 Å². The fraction of sp³-hybridized carbons (Fsp3) is 0. The summed E-state index contributed by atoms with van der Waals surface area (Å²) in [7, 11) is 0.